The summed E-state index contributed by atoms with van der Waals surface area (Å²) in [6, 6.07) is 38.1. The lowest BCUT2D eigenvalue weighted by Crippen LogP contribution is -1.92. The van der Waals surface area contributed by atoms with Crippen LogP contribution in [0.25, 0.3) is 87.6 Å². The van der Waals surface area contributed by atoms with Gasteiger partial charge in [-0.15, -0.1) is 0 Å². The lowest BCUT2D eigenvalue weighted by atomic mass is 9.84. The van der Waals surface area contributed by atoms with E-state index in [1.165, 1.54) is 0 Å². The largest absolute Gasteiger partial charge is 0.456 e. The number of para-hydroxylation sites is 1. The molecule has 8 aromatic carbocycles. The number of hydrogen-bond donors (Lipinski definition) is 0. The Balaban J connectivity index is 1.45. The predicted molar refractivity (Wildman–Crippen MR) is 183 cm³/mol. The van der Waals surface area contributed by atoms with E-state index in [-0.39, 0.29) is 41.0 Å². The fourth-order valence-electron chi connectivity index (χ4n) is 6.47. The number of fused-ring (bicyclic) bond motifs is 6. The second kappa shape index (κ2) is 9.44. The third kappa shape index (κ3) is 3.72. The summed E-state index contributed by atoms with van der Waals surface area (Å²) < 4.78 is 60.5. The van der Waals surface area contributed by atoms with E-state index in [0.29, 0.717) is 22.3 Å². The summed E-state index contributed by atoms with van der Waals surface area (Å²) in [5, 5.41) is 5.91. The molecule has 200 valence electrons. The molecule has 0 radical (unpaired) electrons. The zero-order valence-corrected chi connectivity index (χ0v) is 23.0. The third-order valence-corrected chi connectivity index (χ3v) is 8.35. The fourth-order valence-corrected chi connectivity index (χ4v) is 6.47. The van der Waals surface area contributed by atoms with Gasteiger partial charge in [0, 0.05) is 10.8 Å². The second-order valence-electron chi connectivity index (χ2n) is 10.8. The normalized spacial score (nSPS) is 13.7. The van der Waals surface area contributed by atoms with Gasteiger partial charge in [0.15, 0.2) is 0 Å². The van der Waals surface area contributed by atoms with Crippen LogP contribution in [0.15, 0.2) is 162 Å². The number of rotatable bonds is 3. The lowest BCUT2D eigenvalue weighted by Gasteiger charge is -2.19. The zero-order valence-electron chi connectivity index (χ0n) is 29.0. The van der Waals surface area contributed by atoms with Crippen molar-refractivity contribution in [1.82, 2.24) is 0 Å². The molecule has 9 aromatic rings. The van der Waals surface area contributed by atoms with Crippen LogP contribution in [-0.4, -0.2) is 0 Å². The summed E-state index contributed by atoms with van der Waals surface area (Å²) in [7, 11) is 0. The third-order valence-electron chi connectivity index (χ3n) is 8.35. The van der Waals surface area contributed by atoms with Crippen molar-refractivity contribution in [2.24, 2.45) is 0 Å². The summed E-state index contributed by atoms with van der Waals surface area (Å²) in [6.45, 7) is 0. The van der Waals surface area contributed by atoms with Crippen molar-refractivity contribution in [2.45, 2.75) is 0 Å². The molecule has 0 saturated carbocycles. The predicted octanol–water partition coefficient (Wildman–Crippen LogP) is 12.0. The lowest BCUT2D eigenvalue weighted by molar-refractivity contribution is 0.669. The van der Waals surface area contributed by atoms with E-state index in [2.05, 4.69) is 36.4 Å². The number of hydrogen-bond acceptors (Lipinski definition) is 1. The van der Waals surface area contributed by atoms with Crippen LogP contribution in [-0.2, 0) is 0 Å². The van der Waals surface area contributed by atoms with Crippen molar-refractivity contribution in [3.05, 3.63) is 158 Å². The van der Waals surface area contributed by atoms with Gasteiger partial charge in [0.2, 0.25) is 0 Å². The molecule has 0 fully saturated rings. The molecule has 1 aromatic heterocycles. The molecule has 1 nitrogen and oxygen atoms in total. The molecule has 0 unspecified atom stereocenters. The van der Waals surface area contributed by atoms with Crippen molar-refractivity contribution < 1.29 is 12.6 Å². The Morgan fingerprint density at radius 2 is 1.00 bits per heavy atom. The molecule has 1 heterocycles. The maximum atomic E-state index is 9.76. The topological polar surface area (TPSA) is 13.1 Å². The maximum Gasteiger partial charge on any atom is 0.136 e. The van der Waals surface area contributed by atoms with E-state index in [0.717, 1.165) is 54.6 Å². The molecule has 0 amide bonds. The van der Waals surface area contributed by atoms with Crippen molar-refractivity contribution >= 4 is 54.3 Å². The van der Waals surface area contributed by atoms with Crippen LogP contribution in [0.3, 0.4) is 0 Å². The van der Waals surface area contributed by atoms with Crippen LogP contribution < -0.4 is 0 Å². The van der Waals surface area contributed by atoms with Gasteiger partial charge in [-0.05, 0) is 96.0 Å². The van der Waals surface area contributed by atoms with E-state index >= 15 is 0 Å². The first-order valence-corrected chi connectivity index (χ1v) is 14.3. The Morgan fingerprint density at radius 3 is 1.72 bits per heavy atom. The Kier molecular flexibility index (Phi) is 4.11. The van der Waals surface area contributed by atoms with Crippen molar-refractivity contribution in [2.75, 3.05) is 0 Å². The molecule has 1 heteroatoms. The highest BCUT2D eigenvalue weighted by atomic mass is 16.3. The molecule has 0 aliphatic heterocycles. The van der Waals surface area contributed by atoms with Crippen molar-refractivity contribution in [1.29, 1.82) is 0 Å². The molecular formula is C42H26O. The quantitative estimate of drug-likeness (QED) is 0.199. The highest BCUT2D eigenvalue weighted by Crippen LogP contribution is 2.46. The average molecular weight is 553 g/mol. The van der Waals surface area contributed by atoms with Gasteiger partial charge in [-0.1, -0.05) is 127 Å². The van der Waals surface area contributed by atoms with Gasteiger partial charge in [0.25, 0.3) is 0 Å². The highest BCUT2D eigenvalue weighted by Gasteiger charge is 2.19. The van der Waals surface area contributed by atoms with Crippen molar-refractivity contribution in [3.8, 4) is 33.4 Å². The van der Waals surface area contributed by atoms with Crippen LogP contribution in [0.2, 0.25) is 0 Å². The minimum Gasteiger partial charge on any atom is -0.456 e. The molecule has 0 saturated heterocycles. The molecule has 0 bridgehead atoms. The first kappa shape index (κ1) is 18.7. The summed E-state index contributed by atoms with van der Waals surface area (Å²) >= 11 is 0. The minimum atomic E-state index is -0.403. The van der Waals surface area contributed by atoms with Gasteiger partial charge < -0.3 is 4.42 Å². The highest BCUT2D eigenvalue weighted by molar-refractivity contribution is 6.22. The Morgan fingerprint density at radius 1 is 0.419 bits per heavy atom. The van der Waals surface area contributed by atoms with E-state index < -0.39 is 6.04 Å². The molecular weight excluding hydrogens is 520 g/mol. The molecule has 0 N–H and O–H groups in total. The Labute approximate surface area is 257 Å². The van der Waals surface area contributed by atoms with E-state index in [4.69, 9.17) is 9.90 Å². The molecule has 43 heavy (non-hydrogen) atoms. The standard InChI is InChI=1S/C42H26O/c1-2-12-27(13-3-1)38-25-30(24-28-14-4-5-15-31(28)38)42-36-19-8-6-17-34(36)41(35-18-7-9-20-37(35)42)29-22-23-33-32-16-10-11-21-39(32)43-40(33)26-29/h1-26H/i4D,5D,14D,15D,24D,25D. The second-order valence-corrected chi connectivity index (χ2v) is 10.8. The van der Waals surface area contributed by atoms with Crippen molar-refractivity contribution in [3.63, 3.8) is 0 Å². The molecule has 9 rings (SSSR count). The molecule has 0 spiro atoms. The first-order chi connectivity index (χ1) is 23.8. The maximum absolute atomic E-state index is 9.76. The Bertz CT molecular complexity index is 2780. The molecule has 0 atom stereocenters. The summed E-state index contributed by atoms with van der Waals surface area (Å²) in [6.07, 6.45) is 0. The van der Waals surface area contributed by atoms with Gasteiger partial charge in [0.05, 0.1) is 8.22 Å². The van der Waals surface area contributed by atoms with Gasteiger partial charge in [0.1, 0.15) is 11.2 Å². The van der Waals surface area contributed by atoms with E-state index in [9.17, 15) is 2.74 Å². The molecule has 0 aliphatic carbocycles. The minimum absolute atomic E-state index is 0.0421. The first-order valence-electron chi connectivity index (χ1n) is 17.3. The van der Waals surface area contributed by atoms with Crippen LogP contribution in [0, 0.1) is 0 Å². The van der Waals surface area contributed by atoms with Gasteiger partial charge in [-0.25, -0.2) is 0 Å². The monoisotopic (exact) mass is 552 g/mol. The van der Waals surface area contributed by atoms with Crippen LogP contribution in [0.1, 0.15) is 8.22 Å². The van der Waals surface area contributed by atoms with E-state index in [1.807, 2.05) is 84.9 Å². The van der Waals surface area contributed by atoms with Gasteiger partial charge in [-0.3, -0.25) is 0 Å². The fraction of sp³-hybridized carbons (Fsp3) is 0. The summed E-state index contributed by atoms with van der Waals surface area (Å²) in [5.74, 6) is 0. The average Bonchev–Trinajstić information content (AvgIpc) is 3.51. The van der Waals surface area contributed by atoms with Crippen LogP contribution in [0.5, 0.6) is 0 Å². The summed E-state index contributed by atoms with van der Waals surface area (Å²) in [4.78, 5) is 0. The van der Waals surface area contributed by atoms with Gasteiger partial charge >= 0.3 is 0 Å². The summed E-state index contributed by atoms with van der Waals surface area (Å²) in [5.41, 5.74) is 5.61. The zero-order chi connectivity index (χ0) is 33.6. The van der Waals surface area contributed by atoms with Crippen LogP contribution >= 0.6 is 0 Å². The smallest absolute Gasteiger partial charge is 0.136 e. The van der Waals surface area contributed by atoms with E-state index in [1.54, 1.807) is 0 Å². The SMILES string of the molecule is [2H]c1c([2H])c([2H])c2c(-c3ccccc3)c([2H])c(-c3c4ccccc4c(-c4ccc5c(c4)oc4ccccc45)c4ccccc34)c([2H])c2c1[2H]. The number of furan rings is 1. The Hall–Kier alpha value is -5.66. The van der Waals surface area contributed by atoms with Gasteiger partial charge in [-0.2, -0.15) is 0 Å². The van der Waals surface area contributed by atoms with Crippen LogP contribution in [0.4, 0.5) is 0 Å². The molecule has 0 aliphatic rings. The number of benzene rings is 8.